The van der Waals surface area contributed by atoms with Crippen LogP contribution in [-0.2, 0) is 0 Å². The molecule has 0 spiro atoms. The van der Waals surface area contributed by atoms with Gasteiger partial charge in [-0.2, -0.15) is 0 Å². The Morgan fingerprint density at radius 1 is 1.53 bits per heavy atom. The monoisotopic (exact) mass is 283 g/mol. The third kappa shape index (κ3) is 4.10. The topological polar surface area (TPSA) is 59.2 Å². The quantitative estimate of drug-likeness (QED) is 0.871. The van der Waals surface area contributed by atoms with Gasteiger partial charge in [0.05, 0.1) is 10.6 Å². The number of pyridine rings is 1. The average Bonchev–Trinajstić information content (AvgIpc) is 2.41. The summed E-state index contributed by atoms with van der Waals surface area (Å²) in [5.41, 5.74) is 6.07. The molecule has 0 aliphatic heterocycles. The number of hydrogen-bond donors (Lipinski definition) is 1. The summed E-state index contributed by atoms with van der Waals surface area (Å²) in [6.07, 6.45) is 4.37. The Balaban J connectivity index is 3.00. The first-order valence-electron chi connectivity index (χ1n) is 6.73. The number of nitrogens with two attached hydrogens (primary N) is 1. The average molecular weight is 284 g/mol. The molecular weight excluding hydrogens is 262 g/mol. The van der Waals surface area contributed by atoms with Crippen LogP contribution >= 0.6 is 11.6 Å². The molecule has 4 nitrogen and oxygen atoms in total. The smallest absolute Gasteiger partial charge is 0.255 e. The SMILES string of the molecule is CCCCN(C(=O)c1cc(N)ncc1Cl)C(C)CC. The van der Waals surface area contributed by atoms with Crippen molar-refractivity contribution in [2.24, 2.45) is 0 Å². The van der Waals surface area contributed by atoms with Gasteiger partial charge in [-0.15, -0.1) is 0 Å². The second kappa shape index (κ2) is 7.34. The van der Waals surface area contributed by atoms with Gasteiger partial charge in [0.15, 0.2) is 0 Å². The fourth-order valence-corrected chi connectivity index (χ4v) is 2.03. The lowest BCUT2D eigenvalue weighted by atomic mass is 10.1. The Morgan fingerprint density at radius 2 is 2.21 bits per heavy atom. The third-order valence-corrected chi connectivity index (χ3v) is 3.54. The second-order valence-corrected chi connectivity index (χ2v) is 5.11. The molecule has 0 radical (unpaired) electrons. The molecule has 1 atom stereocenters. The molecule has 1 amide bonds. The predicted molar refractivity (Wildman–Crippen MR) is 79.4 cm³/mol. The van der Waals surface area contributed by atoms with Crippen molar-refractivity contribution in [1.82, 2.24) is 9.88 Å². The molecule has 1 heterocycles. The van der Waals surface area contributed by atoms with E-state index in [1.807, 2.05) is 11.8 Å². The number of nitrogens with zero attached hydrogens (tertiary/aromatic N) is 2. The zero-order chi connectivity index (χ0) is 14.4. The number of aromatic nitrogens is 1. The Hall–Kier alpha value is -1.29. The third-order valence-electron chi connectivity index (χ3n) is 3.24. The van der Waals surface area contributed by atoms with Gasteiger partial charge < -0.3 is 10.6 Å². The molecule has 2 N–H and O–H groups in total. The number of carbonyl (C=O) groups excluding carboxylic acids is 1. The lowest BCUT2D eigenvalue weighted by Gasteiger charge is -2.29. The highest BCUT2D eigenvalue weighted by atomic mass is 35.5. The minimum absolute atomic E-state index is 0.0677. The molecule has 0 saturated carbocycles. The number of rotatable bonds is 6. The van der Waals surface area contributed by atoms with Gasteiger partial charge >= 0.3 is 0 Å². The highest BCUT2D eigenvalue weighted by Gasteiger charge is 2.22. The molecule has 1 aromatic rings. The molecule has 0 aliphatic carbocycles. The first-order chi connectivity index (χ1) is 9.01. The summed E-state index contributed by atoms with van der Waals surface area (Å²) in [6.45, 7) is 6.96. The Bertz CT molecular complexity index is 437. The maximum absolute atomic E-state index is 12.6. The highest BCUT2D eigenvalue weighted by molar-refractivity contribution is 6.33. The van der Waals surface area contributed by atoms with E-state index in [-0.39, 0.29) is 11.9 Å². The number of anilines is 1. The van der Waals surface area contributed by atoms with Gasteiger partial charge in [0.25, 0.3) is 5.91 Å². The Kier molecular flexibility index (Phi) is 6.09. The van der Waals surface area contributed by atoms with E-state index in [0.717, 1.165) is 25.8 Å². The van der Waals surface area contributed by atoms with Crippen LogP contribution in [0.2, 0.25) is 5.02 Å². The van der Waals surface area contributed by atoms with Crippen LogP contribution in [0.4, 0.5) is 5.82 Å². The van der Waals surface area contributed by atoms with Crippen LogP contribution < -0.4 is 5.73 Å². The summed E-state index contributed by atoms with van der Waals surface area (Å²) in [7, 11) is 0. The van der Waals surface area contributed by atoms with Gasteiger partial charge in [-0.25, -0.2) is 4.98 Å². The molecule has 1 unspecified atom stereocenters. The van der Waals surface area contributed by atoms with Crippen LogP contribution in [-0.4, -0.2) is 28.4 Å². The van der Waals surface area contributed by atoms with Crippen LogP contribution in [0, 0.1) is 0 Å². The largest absolute Gasteiger partial charge is 0.384 e. The van der Waals surface area contributed by atoms with Crippen molar-refractivity contribution in [2.45, 2.75) is 46.1 Å². The summed E-state index contributed by atoms with van der Waals surface area (Å²) in [4.78, 5) is 18.3. The fraction of sp³-hybridized carbons (Fsp3) is 0.571. The van der Waals surface area contributed by atoms with Gasteiger partial charge in [-0.05, 0) is 25.8 Å². The van der Waals surface area contributed by atoms with Crippen molar-refractivity contribution >= 4 is 23.3 Å². The summed E-state index contributed by atoms with van der Waals surface area (Å²) in [5.74, 6) is 0.245. The van der Waals surface area contributed by atoms with Crippen molar-refractivity contribution in [3.63, 3.8) is 0 Å². The zero-order valence-electron chi connectivity index (χ0n) is 11.8. The zero-order valence-corrected chi connectivity index (χ0v) is 12.6. The van der Waals surface area contributed by atoms with Crippen molar-refractivity contribution in [2.75, 3.05) is 12.3 Å². The first-order valence-corrected chi connectivity index (χ1v) is 7.11. The molecule has 0 saturated heterocycles. The standard InChI is InChI=1S/C14H22ClN3O/c1-4-6-7-18(10(3)5-2)14(19)11-8-13(16)17-9-12(11)15/h8-10H,4-7H2,1-3H3,(H2,16,17). The normalized spacial score (nSPS) is 12.2. The van der Waals surface area contributed by atoms with Crippen molar-refractivity contribution in [3.05, 3.63) is 22.8 Å². The van der Waals surface area contributed by atoms with Crippen LogP contribution in [0.15, 0.2) is 12.3 Å². The van der Waals surface area contributed by atoms with Gasteiger partial charge in [0.1, 0.15) is 5.82 Å². The molecule has 0 fully saturated rings. The number of hydrogen-bond acceptors (Lipinski definition) is 3. The van der Waals surface area contributed by atoms with E-state index in [4.69, 9.17) is 17.3 Å². The van der Waals surface area contributed by atoms with Crippen molar-refractivity contribution in [3.8, 4) is 0 Å². The van der Waals surface area contributed by atoms with E-state index in [1.165, 1.54) is 6.20 Å². The minimum atomic E-state index is -0.0677. The van der Waals surface area contributed by atoms with Crippen molar-refractivity contribution < 1.29 is 4.79 Å². The van der Waals surface area contributed by atoms with Gasteiger partial charge in [0, 0.05) is 18.8 Å². The molecule has 19 heavy (non-hydrogen) atoms. The predicted octanol–water partition coefficient (Wildman–Crippen LogP) is 3.36. The van der Waals surface area contributed by atoms with E-state index in [0.29, 0.717) is 16.4 Å². The van der Waals surface area contributed by atoms with E-state index in [9.17, 15) is 4.79 Å². The van der Waals surface area contributed by atoms with Crippen LogP contribution in [0.3, 0.4) is 0 Å². The summed E-state index contributed by atoms with van der Waals surface area (Å²) in [6, 6.07) is 1.73. The fourth-order valence-electron chi connectivity index (χ4n) is 1.84. The molecule has 5 heteroatoms. The lowest BCUT2D eigenvalue weighted by molar-refractivity contribution is 0.0685. The summed E-state index contributed by atoms with van der Waals surface area (Å²) in [5, 5.41) is 0.351. The number of amides is 1. The van der Waals surface area contributed by atoms with E-state index in [1.54, 1.807) is 6.07 Å². The highest BCUT2D eigenvalue weighted by Crippen LogP contribution is 2.20. The van der Waals surface area contributed by atoms with Crippen LogP contribution in [0.5, 0.6) is 0 Å². The molecule has 0 aromatic carbocycles. The van der Waals surface area contributed by atoms with Crippen molar-refractivity contribution in [1.29, 1.82) is 0 Å². The number of carbonyl (C=O) groups is 1. The summed E-state index contributed by atoms with van der Waals surface area (Å²) < 4.78 is 0. The molecule has 106 valence electrons. The molecular formula is C14H22ClN3O. The van der Waals surface area contributed by atoms with E-state index in [2.05, 4.69) is 18.8 Å². The second-order valence-electron chi connectivity index (χ2n) is 4.70. The van der Waals surface area contributed by atoms with Gasteiger partial charge in [0.2, 0.25) is 0 Å². The molecule has 0 aliphatic rings. The lowest BCUT2D eigenvalue weighted by Crippen LogP contribution is -2.39. The molecule has 0 bridgehead atoms. The number of halogens is 1. The Morgan fingerprint density at radius 3 is 2.79 bits per heavy atom. The van der Waals surface area contributed by atoms with Gasteiger partial charge in [-0.3, -0.25) is 4.79 Å². The Labute approximate surface area is 120 Å². The summed E-state index contributed by atoms with van der Waals surface area (Å²) >= 11 is 6.05. The number of unbranched alkanes of at least 4 members (excludes halogenated alkanes) is 1. The maximum atomic E-state index is 12.6. The minimum Gasteiger partial charge on any atom is -0.384 e. The first kappa shape index (κ1) is 15.8. The maximum Gasteiger partial charge on any atom is 0.255 e. The van der Waals surface area contributed by atoms with Crippen LogP contribution in [0.1, 0.15) is 50.4 Å². The van der Waals surface area contributed by atoms with Gasteiger partial charge in [-0.1, -0.05) is 31.9 Å². The number of nitrogen functional groups attached to an aromatic ring is 1. The van der Waals surface area contributed by atoms with E-state index < -0.39 is 0 Å². The van der Waals surface area contributed by atoms with E-state index >= 15 is 0 Å². The molecule has 1 rings (SSSR count). The van der Waals surface area contributed by atoms with Crippen LogP contribution in [0.25, 0.3) is 0 Å². The molecule has 1 aromatic heterocycles.